The first-order valence-corrected chi connectivity index (χ1v) is 5.11. The van der Waals surface area contributed by atoms with Crippen LogP contribution in [0.15, 0.2) is 12.8 Å². The quantitative estimate of drug-likeness (QED) is 0.644. The summed E-state index contributed by atoms with van der Waals surface area (Å²) in [5.74, 6) is 0. The van der Waals surface area contributed by atoms with Crippen LogP contribution in [0.2, 0.25) is 0 Å². The fourth-order valence-corrected chi connectivity index (χ4v) is 1.98. The maximum absolute atomic E-state index is 3.86. The smallest absolute Gasteiger partial charge is 0.0467 e. The van der Waals surface area contributed by atoms with Gasteiger partial charge in [0.25, 0.3) is 0 Å². The van der Waals surface area contributed by atoms with E-state index in [1.807, 2.05) is 6.20 Å². The van der Waals surface area contributed by atoms with E-state index >= 15 is 0 Å². The Morgan fingerprint density at radius 3 is 2.31 bits per heavy atom. The summed E-state index contributed by atoms with van der Waals surface area (Å²) in [6, 6.07) is 0.659. The van der Waals surface area contributed by atoms with Crippen LogP contribution in [0.3, 0.4) is 0 Å². The molecule has 1 rings (SSSR count). The minimum absolute atomic E-state index is 0.240. The molecule has 0 radical (unpaired) electrons. The molecule has 13 heavy (non-hydrogen) atoms. The minimum Gasteiger partial charge on any atom is -0.370 e. The second kappa shape index (κ2) is 3.70. The van der Waals surface area contributed by atoms with E-state index < -0.39 is 0 Å². The van der Waals surface area contributed by atoms with Gasteiger partial charge in [0, 0.05) is 31.2 Å². The van der Waals surface area contributed by atoms with Crippen molar-refractivity contribution in [1.29, 1.82) is 0 Å². The Bertz CT molecular complexity index is 185. The van der Waals surface area contributed by atoms with Crippen LogP contribution in [-0.4, -0.2) is 41.0 Å². The monoisotopic (exact) mass is 182 g/mol. The molecule has 76 valence electrons. The Labute approximate surface area is 82.2 Å². The average Bonchev–Trinajstić information content (AvgIpc) is 2.02. The Morgan fingerprint density at radius 1 is 1.31 bits per heavy atom. The molecule has 0 aromatic heterocycles. The topological polar surface area (TPSA) is 6.48 Å². The van der Waals surface area contributed by atoms with Crippen molar-refractivity contribution in [2.75, 3.05) is 19.6 Å². The molecule has 0 bridgehead atoms. The third-order valence-corrected chi connectivity index (χ3v) is 2.95. The third-order valence-electron chi connectivity index (χ3n) is 2.95. The molecule has 1 fully saturated rings. The molecule has 0 N–H and O–H groups in total. The van der Waals surface area contributed by atoms with E-state index in [-0.39, 0.29) is 5.54 Å². The molecule has 1 saturated heterocycles. The van der Waals surface area contributed by atoms with Gasteiger partial charge < -0.3 is 4.90 Å². The fourth-order valence-electron chi connectivity index (χ4n) is 1.98. The van der Waals surface area contributed by atoms with Crippen LogP contribution < -0.4 is 0 Å². The highest BCUT2D eigenvalue weighted by Gasteiger charge is 2.32. The Morgan fingerprint density at radius 2 is 1.92 bits per heavy atom. The van der Waals surface area contributed by atoms with Gasteiger partial charge in [0.15, 0.2) is 0 Å². The predicted octanol–water partition coefficient (Wildman–Crippen LogP) is 1.93. The van der Waals surface area contributed by atoms with Crippen molar-refractivity contribution < 1.29 is 0 Å². The van der Waals surface area contributed by atoms with Crippen LogP contribution in [-0.2, 0) is 0 Å². The number of hydrogen-bond donors (Lipinski definition) is 0. The van der Waals surface area contributed by atoms with E-state index in [2.05, 4.69) is 44.1 Å². The zero-order valence-electron chi connectivity index (χ0n) is 9.38. The number of piperazine rings is 1. The Kier molecular flexibility index (Phi) is 3.01. The summed E-state index contributed by atoms with van der Waals surface area (Å²) in [4.78, 5) is 4.87. The van der Waals surface area contributed by atoms with Gasteiger partial charge in [-0.3, -0.25) is 4.90 Å². The molecule has 1 heterocycles. The maximum atomic E-state index is 3.86. The molecule has 0 aliphatic carbocycles. The predicted molar refractivity (Wildman–Crippen MR) is 57.7 cm³/mol. The molecule has 2 heteroatoms. The van der Waals surface area contributed by atoms with Gasteiger partial charge in [0.05, 0.1) is 0 Å². The van der Waals surface area contributed by atoms with Crippen LogP contribution in [0.5, 0.6) is 0 Å². The standard InChI is InChI=1S/C11H22N2/c1-6-13-8-7-12(10(2)3)9-11(13,4)5/h6,10H,1,7-9H2,2-5H3. The van der Waals surface area contributed by atoms with Crippen LogP contribution in [0, 0.1) is 0 Å². The second-order valence-corrected chi connectivity index (χ2v) is 4.75. The summed E-state index contributed by atoms with van der Waals surface area (Å²) in [5.41, 5.74) is 0.240. The molecule has 0 aromatic rings. The van der Waals surface area contributed by atoms with Gasteiger partial charge in [-0.15, -0.1) is 0 Å². The minimum atomic E-state index is 0.240. The van der Waals surface area contributed by atoms with Crippen molar-refractivity contribution >= 4 is 0 Å². The SMILES string of the molecule is C=CN1CCN(C(C)C)CC1(C)C. The van der Waals surface area contributed by atoms with Gasteiger partial charge in [-0.2, -0.15) is 0 Å². The largest absolute Gasteiger partial charge is 0.370 e. The van der Waals surface area contributed by atoms with Gasteiger partial charge in [-0.25, -0.2) is 0 Å². The summed E-state index contributed by atoms with van der Waals surface area (Å²) in [5, 5.41) is 0. The molecule has 2 nitrogen and oxygen atoms in total. The van der Waals surface area contributed by atoms with E-state index in [9.17, 15) is 0 Å². The lowest BCUT2D eigenvalue weighted by Crippen LogP contribution is -2.58. The van der Waals surface area contributed by atoms with Gasteiger partial charge in [-0.05, 0) is 33.9 Å². The molecule has 0 saturated carbocycles. The van der Waals surface area contributed by atoms with Gasteiger partial charge in [-0.1, -0.05) is 6.58 Å². The highest BCUT2D eigenvalue weighted by molar-refractivity contribution is 4.95. The van der Waals surface area contributed by atoms with Crippen molar-refractivity contribution in [2.24, 2.45) is 0 Å². The zero-order chi connectivity index (χ0) is 10.1. The van der Waals surface area contributed by atoms with E-state index in [0.29, 0.717) is 6.04 Å². The van der Waals surface area contributed by atoms with Gasteiger partial charge in [0.1, 0.15) is 0 Å². The van der Waals surface area contributed by atoms with E-state index in [0.717, 1.165) is 19.6 Å². The summed E-state index contributed by atoms with van der Waals surface area (Å²) in [7, 11) is 0. The summed E-state index contributed by atoms with van der Waals surface area (Å²) in [6.45, 7) is 16.3. The molecular formula is C11H22N2. The lowest BCUT2D eigenvalue weighted by Gasteiger charge is -2.48. The highest BCUT2D eigenvalue weighted by Crippen LogP contribution is 2.21. The van der Waals surface area contributed by atoms with Crippen LogP contribution >= 0.6 is 0 Å². The third kappa shape index (κ3) is 2.25. The zero-order valence-corrected chi connectivity index (χ0v) is 9.38. The molecule has 0 atom stereocenters. The van der Waals surface area contributed by atoms with E-state index in [1.54, 1.807) is 0 Å². The van der Waals surface area contributed by atoms with Gasteiger partial charge in [0.2, 0.25) is 0 Å². The Hall–Kier alpha value is -0.500. The first-order valence-electron chi connectivity index (χ1n) is 5.11. The lowest BCUT2D eigenvalue weighted by molar-refractivity contribution is 0.0390. The summed E-state index contributed by atoms with van der Waals surface area (Å²) < 4.78 is 0. The fraction of sp³-hybridized carbons (Fsp3) is 0.818. The molecule has 0 spiro atoms. The number of nitrogens with zero attached hydrogens (tertiary/aromatic N) is 2. The molecule has 1 aliphatic heterocycles. The van der Waals surface area contributed by atoms with Crippen molar-refractivity contribution in [2.45, 2.75) is 39.3 Å². The highest BCUT2D eigenvalue weighted by atomic mass is 15.3. The lowest BCUT2D eigenvalue weighted by atomic mass is 9.98. The molecule has 1 aliphatic rings. The van der Waals surface area contributed by atoms with E-state index in [1.165, 1.54) is 0 Å². The molecule has 0 aromatic carbocycles. The van der Waals surface area contributed by atoms with Crippen molar-refractivity contribution in [3.05, 3.63) is 12.8 Å². The first-order chi connectivity index (χ1) is 5.97. The first kappa shape index (κ1) is 10.6. The average molecular weight is 182 g/mol. The van der Waals surface area contributed by atoms with Crippen molar-refractivity contribution in [3.63, 3.8) is 0 Å². The maximum Gasteiger partial charge on any atom is 0.0467 e. The number of rotatable bonds is 2. The summed E-state index contributed by atoms with van der Waals surface area (Å²) in [6.07, 6.45) is 1.97. The molecule has 0 amide bonds. The molecular weight excluding hydrogens is 160 g/mol. The Balaban J connectivity index is 2.64. The van der Waals surface area contributed by atoms with Crippen LogP contribution in [0.1, 0.15) is 27.7 Å². The van der Waals surface area contributed by atoms with Crippen molar-refractivity contribution in [1.82, 2.24) is 9.80 Å². The normalized spacial score (nSPS) is 23.6. The molecule has 0 unspecified atom stereocenters. The van der Waals surface area contributed by atoms with Gasteiger partial charge >= 0.3 is 0 Å². The number of hydrogen-bond acceptors (Lipinski definition) is 2. The van der Waals surface area contributed by atoms with E-state index in [4.69, 9.17) is 0 Å². The second-order valence-electron chi connectivity index (χ2n) is 4.75. The van der Waals surface area contributed by atoms with Crippen LogP contribution in [0.4, 0.5) is 0 Å². The van der Waals surface area contributed by atoms with Crippen molar-refractivity contribution in [3.8, 4) is 0 Å². The van der Waals surface area contributed by atoms with Crippen LogP contribution in [0.25, 0.3) is 0 Å². The summed E-state index contributed by atoms with van der Waals surface area (Å²) >= 11 is 0.